The smallest absolute Gasteiger partial charge is 0.147 e. The van der Waals surface area contributed by atoms with Gasteiger partial charge in [-0.05, 0) is 6.42 Å². The number of anilines is 1. The lowest BCUT2D eigenvalue weighted by molar-refractivity contribution is 0.0334. The molecule has 27 heavy (non-hydrogen) atoms. The van der Waals surface area contributed by atoms with E-state index in [-0.39, 0.29) is 11.5 Å². The third-order valence-electron chi connectivity index (χ3n) is 5.35. The lowest BCUT2D eigenvalue weighted by atomic mass is 9.81. The molecular formula is C23H25N3O. The zero-order valence-corrected chi connectivity index (χ0v) is 15.8. The van der Waals surface area contributed by atoms with Gasteiger partial charge in [0.25, 0.3) is 0 Å². The van der Waals surface area contributed by atoms with Crippen molar-refractivity contribution in [1.82, 2.24) is 9.97 Å². The summed E-state index contributed by atoms with van der Waals surface area (Å²) in [4.78, 5) is 12.1. The number of hydrogen-bond donors (Lipinski definition) is 1. The van der Waals surface area contributed by atoms with Crippen LogP contribution in [0, 0.1) is 5.41 Å². The van der Waals surface area contributed by atoms with E-state index in [1.807, 2.05) is 42.6 Å². The van der Waals surface area contributed by atoms with E-state index < -0.39 is 0 Å². The number of benzene rings is 2. The lowest BCUT2D eigenvalue weighted by Crippen LogP contribution is -2.49. The topological polar surface area (TPSA) is 49.2 Å². The molecule has 0 aliphatic carbocycles. The van der Waals surface area contributed by atoms with Crippen molar-refractivity contribution in [2.45, 2.75) is 26.4 Å². The highest BCUT2D eigenvalue weighted by atomic mass is 16.3. The Morgan fingerprint density at radius 3 is 2.11 bits per heavy atom. The van der Waals surface area contributed by atoms with Crippen LogP contribution in [0.2, 0.25) is 0 Å². The number of rotatable bonds is 3. The first kappa shape index (κ1) is 17.7. The van der Waals surface area contributed by atoms with Crippen LogP contribution in [-0.2, 0) is 0 Å². The molecule has 0 saturated carbocycles. The van der Waals surface area contributed by atoms with E-state index in [9.17, 15) is 5.11 Å². The monoisotopic (exact) mass is 359 g/mol. The zero-order valence-electron chi connectivity index (χ0n) is 15.8. The van der Waals surface area contributed by atoms with Gasteiger partial charge in [0.05, 0.1) is 23.7 Å². The molecule has 1 aromatic heterocycles. The minimum Gasteiger partial charge on any atom is -0.392 e. The third-order valence-corrected chi connectivity index (χ3v) is 5.35. The summed E-state index contributed by atoms with van der Waals surface area (Å²) in [5, 5.41) is 10.3. The van der Waals surface area contributed by atoms with E-state index in [0.29, 0.717) is 0 Å². The Hall–Kier alpha value is -2.72. The molecule has 2 aromatic carbocycles. The maximum Gasteiger partial charge on any atom is 0.147 e. The molecule has 1 saturated heterocycles. The van der Waals surface area contributed by atoms with Gasteiger partial charge in [-0.15, -0.1) is 0 Å². The molecule has 0 amide bonds. The first-order valence-electron chi connectivity index (χ1n) is 9.45. The van der Waals surface area contributed by atoms with Crippen molar-refractivity contribution in [1.29, 1.82) is 0 Å². The highest BCUT2D eigenvalue weighted by molar-refractivity contribution is 5.78. The average molecular weight is 359 g/mol. The lowest BCUT2D eigenvalue weighted by Gasteiger charge is -2.42. The largest absolute Gasteiger partial charge is 0.392 e. The van der Waals surface area contributed by atoms with Crippen molar-refractivity contribution >= 4 is 5.82 Å². The normalized spacial score (nSPS) is 19.1. The predicted octanol–water partition coefficient (Wildman–Crippen LogP) is 4.41. The van der Waals surface area contributed by atoms with Crippen LogP contribution in [-0.4, -0.2) is 34.3 Å². The fourth-order valence-electron chi connectivity index (χ4n) is 3.68. The zero-order chi connectivity index (χ0) is 18.9. The second kappa shape index (κ2) is 7.12. The summed E-state index contributed by atoms with van der Waals surface area (Å²) in [6.07, 6.45) is 2.33. The van der Waals surface area contributed by atoms with Gasteiger partial charge in [-0.1, -0.05) is 74.5 Å². The molecule has 2 heterocycles. The van der Waals surface area contributed by atoms with Crippen molar-refractivity contribution in [3.63, 3.8) is 0 Å². The molecule has 4 rings (SSSR count). The van der Waals surface area contributed by atoms with Crippen LogP contribution >= 0.6 is 0 Å². The summed E-state index contributed by atoms with van der Waals surface area (Å²) < 4.78 is 0. The van der Waals surface area contributed by atoms with E-state index in [2.05, 4.69) is 43.0 Å². The summed E-state index contributed by atoms with van der Waals surface area (Å²) in [5.74, 6) is 0.869. The van der Waals surface area contributed by atoms with Crippen LogP contribution in [0.5, 0.6) is 0 Å². The first-order valence-corrected chi connectivity index (χ1v) is 9.45. The third kappa shape index (κ3) is 3.58. The van der Waals surface area contributed by atoms with E-state index in [1.165, 1.54) is 0 Å². The molecule has 1 aliphatic rings. The Labute approximate surface area is 160 Å². The number of piperidine rings is 1. The second-order valence-corrected chi connectivity index (χ2v) is 7.87. The van der Waals surface area contributed by atoms with Gasteiger partial charge >= 0.3 is 0 Å². The fourth-order valence-corrected chi connectivity index (χ4v) is 3.68. The standard InChI is InChI=1S/C23H25N3O/c1-23(2)16-26(14-13-19(23)27)20-15-24-21(17-9-5-3-6-10-17)22(25-20)18-11-7-4-8-12-18/h3-12,15,19,27H,13-14,16H2,1-2H3/t19-/m0/s1. The van der Waals surface area contributed by atoms with Gasteiger partial charge in [0.1, 0.15) is 5.82 Å². The first-order chi connectivity index (χ1) is 13.0. The van der Waals surface area contributed by atoms with E-state index in [0.717, 1.165) is 47.8 Å². The number of nitrogens with zero attached hydrogens (tertiary/aromatic N) is 3. The molecule has 4 nitrogen and oxygen atoms in total. The van der Waals surface area contributed by atoms with E-state index in [4.69, 9.17) is 9.97 Å². The summed E-state index contributed by atoms with van der Waals surface area (Å²) in [6, 6.07) is 20.4. The predicted molar refractivity (Wildman–Crippen MR) is 110 cm³/mol. The maximum atomic E-state index is 10.3. The summed E-state index contributed by atoms with van der Waals surface area (Å²) in [7, 11) is 0. The van der Waals surface area contributed by atoms with Crippen LogP contribution in [0.4, 0.5) is 5.82 Å². The molecule has 138 valence electrons. The Kier molecular flexibility index (Phi) is 4.66. The number of aliphatic hydroxyl groups is 1. The molecule has 0 radical (unpaired) electrons. The fraction of sp³-hybridized carbons (Fsp3) is 0.304. The number of aliphatic hydroxyl groups excluding tert-OH is 1. The molecular weight excluding hydrogens is 334 g/mol. The van der Waals surface area contributed by atoms with Crippen LogP contribution < -0.4 is 4.90 Å². The highest BCUT2D eigenvalue weighted by Crippen LogP contribution is 2.34. The Morgan fingerprint density at radius 2 is 1.52 bits per heavy atom. The van der Waals surface area contributed by atoms with Gasteiger partial charge in [0.15, 0.2) is 0 Å². The maximum absolute atomic E-state index is 10.3. The van der Waals surface area contributed by atoms with Crippen molar-refractivity contribution in [2.75, 3.05) is 18.0 Å². The van der Waals surface area contributed by atoms with Crippen molar-refractivity contribution in [3.05, 3.63) is 66.9 Å². The molecule has 0 unspecified atom stereocenters. The minimum absolute atomic E-state index is 0.162. The van der Waals surface area contributed by atoms with Gasteiger partial charge < -0.3 is 10.0 Å². The Morgan fingerprint density at radius 1 is 0.926 bits per heavy atom. The van der Waals surface area contributed by atoms with Gasteiger partial charge in [0, 0.05) is 29.6 Å². The van der Waals surface area contributed by atoms with E-state index in [1.54, 1.807) is 0 Å². The molecule has 1 fully saturated rings. The van der Waals surface area contributed by atoms with Gasteiger partial charge in [-0.3, -0.25) is 4.98 Å². The van der Waals surface area contributed by atoms with Gasteiger partial charge in [-0.2, -0.15) is 0 Å². The SMILES string of the molecule is CC1(C)CN(c2cnc(-c3ccccc3)c(-c3ccccc3)n2)CC[C@@H]1O. The molecule has 1 atom stereocenters. The molecule has 4 heteroatoms. The molecule has 3 aromatic rings. The average Bonchev–Trinajstić information content (AvgIpc) is 2.71. The van der Waals surface area contributed by atoms with Crippen LogP contribution in [0.1, 0.15) is 20.3 Å². The van der Waals surface area contributed by atoms with Crippen LogP contribution in [0.3, 0.4) is 0 Å². The Balaban J connectivity index is 1.78. The van der Waals surface area contributed by atoms with Crippen molar-refractivity contribution in [3.8, 4) is 22.5 Å². The molecule has 0 spiro atoms. The van der Waals surface area contributed by atoms with Crippen molar-refractivity contribution in [2.24, 2.45) is 5.41 Å². The molecule has 1 aliphatic heterocycles. The van der Waals surface area contributed by atoms with Crippen molar-refractivity contribution < 1.29 is 5.11 Å². The highest BCUT2D eigenvalue weighted by Gasteiger charge is 2.35. The Bertz CT molecular complexity index is 909. The number of aromatic nitrogens is 2. The van der Waals surface area contributed by atoms with E-state index >= 15 is 0 Å². The second-order valence-electron chi connectivity index (χ2n) is 7.87. The quantitative estimate of drug-likeness (QED) is 0.753. The van der Waals surface area contributed by atoms with Gasteiger partial charge in [-0.25, -0.2) is 4.98 Å². The van der Waals surface area contributed by atoms with Crippen LogP contribution in [0.15, 0.2) is 66.9 Å². The molecule has 0 bridgehead atoms. The minimum atomic E-state index is -0.279. The number of hydrogen-bond acceptors (Lipinski definition) is 4. The van der Waals surface area contributed by atoms with Crippen LogP contribution in [0.25, 0.3) is 22.5 Å². The summed E-state index contributed by atoms with van der Waals surface area (Å²) in [5.41, 5.74) is 3.74. The molecule has 1 N–H and O–H groups in total. The summed E-state index contributed by atoms with van der Waals surface area (Å²) >= 11 is 0. The van der Waals surface area contributed by atoms with Gasteiger partial charge in [0.2, 0.25) is 0 Å². The summed E-state index contributed by atoms with van der Waals surface area (Å²) in [6.45, 7) is 5.77.